The molecular formula is C11H17NO2. The van der Waals surface area contributed by atoms with Gasteiger partial charge in [0, 0.05) is 11.4 Å². The minimum atomic E-state index is -0.741. The van der Waals surface area contributed by atoms with Crippen molar-refractivity contribution in [2.75, 3.05) is 0 Å². The second kappa shape index (κ2) is 4.31. The molecule has 0 radical (unpaired) electrons. The van der Waals surface area contributed by atoms with Crippen LogP contribution in [0.4, 0.5) is 0 Å². The lowest BCUT2D eigenvalue weighted by Crippen LogP contribution is -2.20. The van der Waals surface area contributed by atoms with Crippen LogP contribution in [-0.2, 0) is 4.79 Å². The number of carboxylic acid groups (broad SMARTS) is 1. The predicted octanol–water partition coefficient (Wildman–Crippen LogP) is 2.53. The highest BCUT2D eigenvalue weighted by atomic mass is 16.4. The Hall–Kier alpha value is -1.25. The van der Waals surface area contributed by atoms with Gasteiger partial charge in [0.05, 0.1) is 0 Å². The topological polar surface area (TPSA) is 42.2 Å². The van der Waals surface area contributed by atoms with E-state index in [1.54, 1.807) is 0 Å². The van der Waals surface area contributed by atoms with Crippen molar-refractivity contribution in [3.63, 3.8) is 0 Å². The van der Waals surface area contributed by atoms with Gasteiger partial charge >= 0.3 is 5.97 Å². The van der Waals surface area contributed by atoms with Gasteiger partial charge in [-0.3, -0.25) is 0 Å². The van der Waals surface area contributed by atoms with Gasteiger partial charge < -0.3 is 9.67 Å². The third-order valence-corrected chi connectivity index (χ3v) is 2.48. The number of hydrogen-bond acceptors (Lipinski definition) is 1. The molecule has 1 rings (SSSR count). The molecule has 0 saturated heterocycles. The number of carboxylic acids is 1. The Labute approximate surface area is 84.4 Å². The number of aromatic nitrogens is 1. The number of rotatable bonds is 4. The van der Waals surface area contributed by atoms with E-state index in [9.17, 15) is 4.79 Å². The maximum atomic E-state index is 11.1. The second-order valence-electron chi connectivity index (χ2n) is 3.63. The van der Waals surface area contributed by atoms with Gasteiger partial charge in [-0.05, 0) is 32.4 Å². The van der Waals surface area contributed by atoms with E-state index in [0.717, 1.165) is 17.8 Å². The second-order valence-corrected chi connectivity index (χ2v) is 3.63. The molecule has 3 heteroatoms. The van der Waals surface area contributed by atoms with Crippen LogP contribution in [0.5, 0.6) is 0 Å². The Kier molecular flexibility index (Phi) is 3.33. The standard InChI is InChI=1S/C11H17NO2/c1-4-5-10(11(13)14)12-8(2)6-7-9(12)3/h6-7,10H,4-5H2,1-3H3,(H,13,14). The van der Waals surface area contributed by atoms with Crippen LogP contribution < -0.4 is 0 Å². The van der Waals surface area contributed by atoms with E-state index in [1.165, 1.54) is 0 Å². The minimum Gasteiger partial charge on any atom is -0.480 e. The average molecular weight is 195 g/mol. The molecule has 1 aromatic rings. The van der Waals surface area contributed by atoms with Crippen molar-refractivity contribution < 1.29 is 9.90 Å². The van der Waals surface area contributed by atoms with Crippen molar-refractivity contribution in [1.29, 1.82) is 0 Å². The largest absolute Gasteiger partial charge is 0.480 e. The Morgan fingerprint density at radius 2 is 1.93 bits per heavy atom. The summed E-state index contributed by atoms with van der Waals surface area (Å²) in [6.07, 6.45) is 1.57. The highest BCUT2D eigenvalue weighted by Crippen LogP contribution is 2.20. The molecule has 0 aliphatic carbocycles. The molecule has 14 heavy (non-hydrogen) atoms. The van der Waals surface area contributed by atoms with Gasteiger partial charge in [-0.1, -0.05) is 13.3 Å². The SMILES string of the molecule is CCCC(C(=O)O)n1c(C)ccc1C. The number of hydrogen-bond donors (Lipinski definition) is 1. The van der Waals surface area contributed by atoms with Crippen LogP contribution in [-0.4, -0.2) is 15.6 Å². The Bertz CT molecular complexity index is 309. The Balaban J connectivity index is 3.04. The van der Waals surface area contributed by atoms with Gasteiger partial charge in [0.2, 0.25) is 0 Å². The van der Waals surface area contributed by atoms with E-state index < -0.39 is 12.0 Å². The summed E-state index contributed by atoms with van der Waals surface area (Å²) in [4.78, 5) is 11.1. The zero-order valence-electron chi connectivity index (χ0n) is 8.95. The van der Waals surface area contributed by atoms with Crippen LogP contribution >= 0.6 is 0 Å². The number of nitrogens with zero attached hydrogens (tertiary/aromatic N) is 1. The first-order valence-electron chi connectivity index (χ1n) is 4.95. The molecule has 1 heterocycles. The summed E-state index contributed by atoms with van der Waals surface area (Å²) in [6.45, 7) is 5.89. The molecule has 0 saturated carbocycles. The van der Waals surface area contributed by atoms with E-state index in [2.05, 4.69) is 0 Å². The summed E-state index contributed by atoms with van der Waals surface area (Å²) in [7, 11) is 0. The van der Waals surface area contributed by atoms with Gasteiger partial charge in [-0.25, -0.2) is 4.79 Å². The van der Waals surface area contributed by atoms with E-state index in [0.29, 0.717) is 6.42 Å². The van der Waals surface area contributed by atoms with Crippen LogP contribution in [0.15, 0.2) is 12.1 Å². The molecule has 0 aromatic carbocycles. The zero-order valence-corrected chi connectivity index (χ0v) is 8.95. The van der Waals surface area contributed by atoms with Crippen LogP contribution in [0.2, 0.25) is 0 Å². The van der Waals surface area contributed by atoms with E-state index >= 15 is 0 Å². The Morgan fingerprint density at radius 1 is 1.43 bits per heavy atom. The molecule has 0 aliphatic rings. The first-order valence-corrected chi connectivity index (χ1v) is 4.95. The van der Waals surface area contributed by atoms with Crippen LogP contribution in [0, 0.1) is 13.8 Å². The third-order valence-electron chi connectivity index (χ3n) is 2.48. The maximum absolute atomic E-state index is 11.1. The fourth-order valence-corrected chi connectivity index (χ4v) is 1.81. The molecule has 1 N–H and O–H groups in total. The van der Waals surface area contributed by atoms with E-state index in [4.69, 9.17) is 5.11 Å². The number of aryl methyl sites for hydroxylation is 2. The molecular weight excluding hydrogens is 178 g/mol. The maximum Gasteiger partial charge on any atom is 0.326 e. The van der Waals surface area contributed by atoms with E-state index in [-0.39, 0.29) is 0 Å². The van der Waals surface area contributed by atoms with Crippen LogP contribution in [0.3, 0.4) is 0 Å². The molecule has 0 spiro atoms. The van der Waals surface area contributed by atoms with Crippen molar-refractivity contribution in [2.45, 2.75) is 39.7 Å². The van der Waals surface area contributed by atoms with Crippen molar-refractivity contribution >= 4 is 5.97 Å². The summed E-state index contributed by atoms with van der Waals surface area (Å²) in [5.74, 6) is -0.741. The fourth-order valence-electron chi connectivity index (χ4n) is 1.81. The fraction of sp³-hybridized carbons (Fsp3) is 0.545. The van der Waals surface area contributed by atoms with Crippen LogP contribution in [0.25, 0.3) is 0 Å². The predicted molar refractivity (Wildman–Crippen MR) is 55.5 cm³/mol. The molecule has 0 bridgehead atoms. The van der Waals surface area contributed by atoms with Gasteiger partial charge in [0.15, 0.2) is 0 Å². The summed E-state index contributed by atoms with van der Waals surface area (Å²) in [5.41, 5.74) is 2.03. The lowest BCUT2D eigenvalue weighted by molar-refractivity contribution is -0.141. The van der Waals surface area contributed by atoms with Crippen molar-refractivity contribution in [2.24, 2.45) is 0 Å². The van der Waals surface area contributed by atoms with Gasteiger partial charge in [-0.2, -0.15) is 0 Å². The zero-order chi connectivity index (χ0) is 10.7. The molecule has 1 unspecified atom stereocenters. The van der Waals surface area contributed by atoms with E-state index in [1.807, 2.05) is 37.5 Å². The highest BCUT2D eigenvalue weighted by molar-refractivity contribution is 5.72. The lowest BCUT2D eigenvalue weighted by atomic mass is 10.1. The monoisotopic (exact) mass is 195 g/mol. The van der Waals surface area contributed by atoms with Crippen LogP contribution in [0.1, 0.15) is 37.2 Å². The molecule has 0 fully saturated rings. The van der Waals surface area contributed by atoms with Gasteiger partial charge in [0.25, 0.3) is 0 Å². The van der Waals surface area contributed by atoms with Gasteiger partial charge in [0.1, 0.15) is 6.04 Å². The minimum absolute atomic E-state index is 0.407. The molecule has 3 nitrogen and oxygen atoms in total. The first-order chi connectivity index (χ1) is 6.57. The highest BCUT2D eigenvalue weighted by Gasteiger charge is 2.20. The van der Waals surface area contributed by atoms with Crippen molar-refractivity contribution in [1.82, 2.24) is 4.57 Å². The molecule has 1 aromatic heterocycles. The molecule has 78 valence electrons. The quantitative estimate of drug-likeness (QED) is 0.802. The number of carbonyl (C=O) groups is 1. The summed E-state index contributed by atoms with van der Waals surface area (Å²) >= 11 is 0. The third kappa shape index (κ3) is 1.97. The normalized spacial score (nSPS) is 12.8. The smallest absolute Gasteiger partial charge is 0.326 e. The first kappa shape index (κ1) is 10.8. The summed E-state index contributed by atoms with van der Waals surface area (Å²) in [5, 5.41) is 9.10. The molecule has 1 atom stereocenters. The summed E-state index contributed by atoms with van der Waals surface area (Å²) < 4.78 is 1.89. The lowest BCUT2D eigenvalue weighted by Gasteiger charge is -2.17. The average Bonchev–Trinajstić information content (AvgIpc) is 2.43. The molecule has 0 aliphatic heterocycles. The molecule has 0 amide bonds. The van der Waals surface area contributed by atoms with Crippen molar-refractivity contribution in [3.8, 4) is 0 Å². The van der Waals surface area contributed by atoms with Crippen molar-refractivity contribution in [3.05, 3.63) is 23.5 Å². The number of aliphatic carboxylic acids is 1. The van der Waals surface area contributed by atoms with Gasteiger partial charge in [-0.15, -0.1) is 0 Å². The summed E-state index contributed by atoms with van der Waals surface area (Å²) in [6, 6.07) is 3.51. The Morgan fingerprint density at radius 3 is 2.29 bits per heavy atom.